The van der Waals surface area contributed by atoms with Crippen molar-refractivity contribution < 1.29 is 9.72 Å². The Labute approximate surface area is 127 Å². The molecule has 0 aliphatic carbocycles. The Balaban J connectivity index is 2.92. The van der Waals surface area contributed by atoms with Crippen molar-refractivity contribution in [2.45, 2.75) is 18.7 Å². The van der Waals surface area contributed by atoms with Gasteiger partial charge in [0.2, 0.25) is 0 Å². The van der Waals surface area contributed by atoms with E-state index < -0.39 is 4.92 Å². The predicted octanol–water partition coefficient (Wildman–Crippen LogP) is 3.31. The van der Waals surface area contributed by atoms with Gasteiger partial charge in [-0.1, -0.05) is 13.8 Å². The number of nitro benzene ring substituents is 1. The number of benzene rings is 1. The number of amides is 1. The first-order valence-electron chi connectivity index (χ1n) is 6.21. The van der Waals surface area contributed by atoms with Gasteiger partial charge in [0.15, 0.2) is 0 Å². The topological polar surface area (TPSA) is 72.2 Å². The van der Waals surface area contributed by atoms with Crippen molar-refractivity contribution in [1.82, 2.24) is 5.32 Å². The fourth-order valence-electron chi connectivity index (χ4n) is 1.47. The van der Waals surface area contributed by atoms with Gasteiger partial charge in [-0.15, -0.1) is 23.4 Å². The van der Waals surface area contributed by atoms with E-state index in [0.717, 1.165) is 0 Å². The summed E-state index contributed by atoms with van der Waals surface area (Å²) < 4.78 is 0. The van der Waals surface area contributed by atoms with Crippen LogP contribution in [0.2, 0.25) is 0 Å². The van der Waals surface area contributed by atoms with E-state index in [1.165, 1.54) is 17.8 Å². The van der Waals surface area contributed by atoms with Crippen LogP contribution in [0.3, 0.4) is 0 Å². The molecule has 0 heterocycles. The Kier molecular flexibility index (Phi) is 6.81. The Morgan fingerprint density at radius 3 is 2.75 bits per heavy atom. The fourth-order valence-corrected chi connectivity index (χ4v) is 2.44. The van der Waals surface area contributed by atoms with Crippen LogP contribution in [-0.2, 0) is 0 Å². The maximum atomic E-state index is 11.9. The third-order valence-electron chi connectivity index (χ3n) is 2.42. The normalized spacial score (nSPS) is 10.6. The van der Waals surface area contributed by atoms with Crippen molar-refractivity contribution in [2.75, 3.05) is 18.2 Å². The zero-order valence-corrected chi connectivity index (χ0v) is 13.0. The zero-order chi connectivity index (χ0) is 15.1. The molecule has 0 fully saturated rings. The molecule has 1 rings (SSSR count). The Bertz CT molecular complexity index is 495. The van der Waals surface area contributed by atoms with Crippen LogP contribution in [0, 0.1) is 16.0 Å². The minimum atomic E-state index is -0.476. The number of alkyl halides is 1. The van der Waals surface area contributed by atoms with Crippen molar-refractivity contribution in [3.05, 3.63) is 33.9 Å². The van der Waals surface area contributed by atoms with Gasteiger partial charge in [0, 0.05) is 29.8 Å². The molecule has 1 aromatic carbocycles. The molecule has 110 valence electrons. The van der Waals surface area contributed by atoms with Crippen LogP contribution >= 0.6 is 23.4 Å². The highest BCUT2D eigenvalue weighted by Gasteiger charge is 2.17. The molecule has 1 aromatic rings. The van der Waals surface area contributed by atoms with Crippen LogP contribution in [0.15, 0.2) is 23.1 Å². The second-order valence-electron chi connectivity index (χ2n) is 4.58. The molecule has 0 radical (unpaired) electrons. The van der Waals surface area contributed by atoms with Gasteiger partial charge in [-0.3, -0.25) is 14.9 Å². The maximum absolute atomic E-state index is 11.9. The van der Waals surface area contributed by atoms with Gasteiger partial charge in [0.25, 0.3) is 11.6 Å². The summed E-state index contributed by atoms with van der Waals surface area (Å²) in [6, 6.07) is 4.51. The largest absolute Gasteiger partial charge is 0.352 e. The van der Waals surface area contributed by atoms with Crippen LogP contribution in [-0.4, -0.2) is 29.0 Å². The average Bonchev–Trinajstić information content (AvgIpc) is 2.42. The van der Waals surface area contributed by atoms with E-state index in [4.69, 9.17) is 11.6 Å². The molecule has 0 aliphatic heterocycles. The number of halogens is 1. The molecule has 0 spiro atoms. The summed E-state index contributed by atoms with van der Waals surface area (Å²) in [6.07, 6.45) is 0. The summed E-state index contributed by atoms with van der Waals surface area (Å²) in [5.74, 6) is 1.03. The Hall–Kier alpha value is -1.27. The number of nitrogens with one attached hydrogen (secondary N) is 1. The second-order valence-corrected chi connectivity index (χ2v) is 6.10. The molecule has 5 nitrogen and oxygen atoms in total. The third-order valence-corrected chi connectivity index (χ3v) is 3.90. The maximum Gasteiger partial charge on any atom is 0.283 e. The molecule has 1 N–H and O–H groups in total. The van der Waals surface area contributed by atoms with Gasteiger partial charge in [-0.25, -0.2) is 0 Å². The first kappa shape index (κ1) is 16.8. The van der Waals surface area contributed by atoms with E-state index in [1.807, 2.05) is 13.8 Å². The van der Waals surface area contributed by atoms with Crippen molar-refractivity contribution in [1.29, 1.82) is 0 Å². The SMILES string of the molecule is CC(C)CNC(=O)c1ccc(SCCCl)c([N+](=O)[O-])c1. The Morgan fingerprint density at radius 1 is 1.50 bits per heavy atom. The number of carbonyl (C=O) groups is 1. The second kappa shape index (κ2) is 8.11. The zero-order valence-electron chi connectivity index (χ0n) is 11.4. The number of nitrogens with zero attached hydrogens (tertiary/aromatic N) is 1. The van der Waals surface area contributed by atoms with Crippen LogP contribution in [0.25, 0.3) is 0 Å². The van der Waals surface area contributed by atoms with E-state index in [1.54, 1.807) is 12.1 Å². The standard InChI is InChI=1S/C13H17ClN2O3S/c1-9(2)8-15-13(17)10-3-4-12(20-6-5-14)11(7-10)16(18)19/h3-4,7,9H,5-6,8H2,1-2H3,(H,15,17). The lowest BCUT2D eigenvalue weighted by atomic mass is 10.1. The van der Waals surface area contributed by atoms with Gasteiger partial charge in [0.1, 0.15) is 0 Å². The van der Waals surface area contributed by atoms with Gasteiger partial charge >= 0.3 is 0 Å². The average molecular weight is 317 g/mol. The molecule has 0 saturated heterocycles. The number of nitro groups is 1. The van der Waals surface area contributed by atoms with E-state index in [-0.39, 0.29) is 11.6 Å². The molecular weight excluding hydrogens is 300 g/mol. The lowest BCUT2D eigenvalue weighted by Crippen LogP contribution is -2.27. The van der Waals surface area contributed by atoms with E-state index in [2.05, 4.69) is 5.32 Å². The number of carbonyl (C=O) groups excluding carboxylic acids is 1. The molecule has 7 heteroatoms. The number of rotatable bonds is 7. The van der Waals surface area contributed by atoms with Crippen molar-refractivity contribution in [3.8, 4) is 0 Å². The molecule has 0 atom stereocenters. The first-order chi connectivity index (χ1) is 9.45. The van der Waals surface area contributed by atoms with E-state index in [0.29, 0.717) is 34.6 Å². The van der Waals surface area contributed by atoms with Crippen LogP contribution in [0.1, 0.15) is 24.2 Å². The molecule has 0 saturated carbocycles. The summed E-state index contributed by atoms with van der Waals surface area (Å²) in [6.45, 7) is 4.50. The van der Waals surface area contributed by atoms with Gasteiger partial charge < -0.3 is 5.32 Å². The van der Waals surface area contributed by atoms with Gasteiger partial charge in [-0.2, -0.15) is 0 Å². The Morgan fingerprint density at radius 2 is 2.20 bits per heavy atom. The summed E-state index contributed by atoms with van der Waals surface area (Å²) in [4.78, 5) is 23.0. The summed E-state index contributed by atoms with van der Waals surface area (Å²) in [5.41, 5.74) is 0.241. The summed E-state index contributed by atoms with van der Waals surface area (Å²) >= 11 is 6.89. The fraction of sp³-hybridized carbons (Fsp3) is 0.462. The molecule has 20 heavy (non-hydrogen) atoms. The first-order valence-corrected chi connectivity index (χ1v) is 7.73. The number of hydrogen-bond acceptors (Lipinski definition) is 4. The van der Waals surface area contributed by atoms with Crippen molar-refractivity contribution >= 4 is 35.0 Å². The smallest absolute Gasteiger partial charge is 0.283 e. The minimum Gasteiger partial charge on any atom is -0.352 e. The lowest BCUT2D eigenvalue weighted by Gasteiger charge is -2.08. The lowest BCUT2D eigenvalue weighted by molar-refractivity contribution is -0.387. The third kappa shape index (κ3) is 5.02. The van der Waals surface area contributed by atoms with E-state index >= 15 is 0 Å². The molecule has 1 amide bonds. The molecule has 0 aromatic heterocycles. The van der Waals surface area contributed by atoms with Crippen LogP contribution < -0.4 is 5.32 Å². The highest BCUT2D eigenvalue weighted by Crippen LogP contribution is 2.30. The van der Waals surface area contributed by atoms with E-state index in [9.17, 15) is 14.9 Å². The van der Waals surface area contributed by atoms with Crippen LogP contribution in [0.4, 0.5) is 5.69 Å². The summed E-state index contributed by atoms with van der Waals surface area (Å²) in [5, 5.41) is 13.8. The predicted molar refractivity (Wildman–Crippen MR) is 81.7 cm³/mol. The van der Waals surface area contributed by atoms with Crippen LogP contribution in [0.5, 0.6) is 0 Å². The van der Waals surface area contributed by atoms with Gasteiger partial charge in [0.05, 0.1) is 9.82 Å². The monoisotopic (exact) mass is 316 g/mol. The number of thioether (sulfide) groups is 1. The molecule has 0 aliphatic rings. The number of hydrogen-bond donors (Lipinski definition) is 1. The summed E-state index contributed by atoms with van der Waals surface area (Å²) in [7, 11) is 0. The van der Waals surface area contributed by atoms with Gasteiger partial charge in [-0.05, 0) is 18.1 Å². The van der Waals surface area contributed by atoms with Crippen molar-refractivity contribution in [2.24, 2.45) is 5.92 Å². The molecule has 0 unspecified atom stereocenters. The highest BCUT2D eigenvalue weighted by atomic mass is 35.5. The van der Waals surface area contributed by atoms with Crippen molar-refractivity contribution in [3.63, 3.8) is 0 Å². The molecule has 0 bridgehead atoms. The quantitative estimate of drug-likeness (QED) is 0.362. The highest BCUT2D eigenvalue weighted by molar-refractivity contribution is 7.99. The minimum absolute atomic E-state index is 0.0580. The molecular formula is C13H17ClN2O3S.